The van der Waals surface area contributed by atoms with Gasteiger partial charge in [0, 0.05) is 73.6 Å². The zero-order chi connectivity index (χ0) is 78.3. The number of alkyl halides is 1. The van der Waals surface area contributed by atoms with Crippen molar-refractivity contribution in [1.82, 2.24) is 63.5 Å². The van der Waals surface area contributed by atoms with Crippen molar-refractivity contribution in [3.05, 3.63) is 81.4 Å². The number of carbonyl (C=O) groups is 5. The molecule has 2 aromatic rings. The number of hydrogen-bond acceptors (Lipinski definition) is 34. The van der Waals surface area contributed by atoms with E-state index in [0.717, 1.165) is 33.3 Å². The molecule has 0 radical (unpaired) electrons. The molecule has 26 N–H and O–H groups in total. The summed E-state index contributed by atoms with van der Waals surface area (Å²) in [5.41, 5.74) is 17.7. The molecule has 107 heavy (non-hydrogen) atoms. The van der Waals surface area contributed by atoms with E-state index >= 15 is 0 Å². The maximum absolute atomic E-state index is 14.8. The fourth-order valence-corrected chi connectivity index (χ4v) is 14.0. The molecule has 0 spiro atoms. The average Bonchev–Trinajstić information content (AvgIpc) is 1.02. The largest absolute Gasteiger partial charge is 0.378 e. The van der Waals surface area contributed by atoms with Gasteiger partial charge in [-0.1, -0.05) is 82.6 Å². The highest BCUT2D eigenvalue weighted by atomic mass is 33.1. The number of aliphatic hydroxyl groups is 9. The molecule has 0 aliphatic carbocycles. The number of likely N-dealkylation sites (N-methyl/N-ethyl adjacent to an activating group) is 1. The van der Waals surface area contributed by atoms with Gasteiger partial charge in [0.25, 0.3) is 0 Å². The van der Waals surface area contributed by atoms with E-state index in [1.165, 1.54) is 12.1 Å². The number of hydrogen-bond donors (Lipinski definition) is 23. The number of hydroxylamine groups is 2. The van der Waals surface area contributed by atoms with Crippen LogP contribution >= 0.6 is 33.3 Å². The first-order valence-electron chi connectivity index (χ1n) is 35.1. The van der Waals surface area contributed by atoms with Crippen LogP contribution in [0.3, 0.4) is 0 Å². The summed E-state index contributed by atoms with van der Waals surface area (Å²) in [5, 5.41) is 147. The van der Waals surface area contributed by atoms with E-state index in [9.17, 15) is 84.4 Å². The van der Waals surface area contributed by atoms with Crippen LogP contribution in [0.5, 0.6) is 0 Å². The minimum Gasteiger partial charge on any atom is -0.378 e. The summed E-state index contributed by atoms with van der Waals surface area (Å²) in [6, 6.07) is 5.57. The number of ether oxygens (including phenoxy) is 5. The zero-order valence-electron chi connectivity index (χ0n) is 59.9. The Morgan fingerprint density at radius 1 is 0.664 bits per heavy atom. The molecule has 5 amide bonds. The van der Waals surface area contributed by atoms with Gasteiger partial charge in [-0.05, 0) is 55.3 Å². The number of rotatable bonds is 43. The van der Waals surface area contributed by atoms with Crippen LogP contribution in [-0.2, 0) is 58.9 Å². The summed E-state index contributed by atoms with van der Waals surface area (Å²) in [4.78, 5) is 87.2. The lowest BCUT2D eigenvalue weighted by Crippen LogP contribution is -2.62. The van der Waals surface area contributed by atoms with Crippen molar-refractivity contribution in [2.75, 3.05) is 149 Å². The van der Waals surface area contributed by atoms with E-state index < -0.39 is 159 Å². The molecule has 610 valence electrons. The highest BCUT2D eigenvalue weighted by Crippen LogP contribution is 2.26. The topological polar surface area (TPSA) is 592 Å². The Labute approximate surface area is 632 Å². The highest BCUT2D eigenvalue weighted by molar-refractivity contribution is 8.76. The molecule has 2 saturated heterocycles. The van der Waals surface area contributed by atoms with E-state index in [1.807, 2.05) is 0 Å². The van der Waals surface area contributed by atoms with Gasteiger partial charge in [-0.15, -0.1) is 0 Å². The molecule has 39 nitrogen and oxygen atoms in total. The van der Waals surface area contributed by atoms with Crippen molar-refractivity contribution in [2.24, 2.45) is 22.2 Å². The van der Waals surface area contributed by atoms with Crippen LogP contribution in [0.25, 0.3) is 0 Å². The summed E-state index contributed by atoms with van der Waals surface area (Å²) >= 11 is 1.13. The fourth-order valence-electron chi connectivity index (χ4n) is 10.7. The van der Waals surface area contributed by atoms with Crippen molar-refractivity contribution >= 4 is 68.8 Å². The molecule has 2 fully saturated rings. The summed E-state index contributed by atoms with van der Waals surface area (Å²) in [6.45, 7) is -0.851. The predicted molar refractivity (Wildman–Crippen MR) is 395 cm³/mol. The minimum absolute atomic E-state index is 0.0155. The van der Waals surface area contributed by atoms with Gasteiger partial charge in [0.1, 0.15) is 75.6 Å². The minimum atomic E-state index is -2.10. The number of β-amino-alcohol motifs (C(OH)–C–C–N with tert-alkyl or cyclic N) is 1. The number of primary amides is 1. The number of nitrogens with two attached hydrogens (primary N) is 3. The van der Waals surface area contributed by atoms with Crippen molar-refractivity contribution in [1.29, 1.82) is 0 Å². The number of nitro groups is 1. The van der Waals surface area contributed by atoms with Crippen molar-refractivity contribution < 1.29 is 108 Å². The van der Waals surface area contributed by atoms with Crippen LogP contribution in [0.4, 0.5) is 4.39 Å². The molecule has 43 heteroatoms. The van der Waals surface area contributed by atoms with Gasteiger partial charge in [0.05, 0.1) is 89.7 Å². The molecule has 2 heterocycles. The van der Waals surface area contributed by atoms with Gasteiger partial charge in [-0.2, -0.15) is 16.8 Å². The number of carbonyl (C=O) groups excluding carboxylic acids is 5. The second-order valence-electron chi connectivity index (χ2n) is 24.8. The molecule has 4 rings (SSSR count). The average molecular weight is 1590 g/mol. The molecule has 2 aliphatic heterocycles. The van der Waals surface area contributed by atoms with Crippen LogP contribution in [0.1, 0.15) is 67.5 Å². The Balaban J connectivity index is 1.63. The number of unbranched alkanes of at least 4 members (excludes halogenated alkanes) is 1. The molecule has 2 bridgehead atoms. The Morgan fingerprint density at radius 3 is 1.96 bits per heavy atom. The number of thioether (sulfide) groups is 1. The highest BCUT2D eigenvalue weighted by Gasteiger charge is 2.36. The Morgan fingerprint density at radius 2 is 1.29 bits per heavy atom. The number of guanidine groups is 1. The zero-order valence-corrected chi connectivity index (χ0v) is 62.4. The Bertz CT molecular complexity index is 2840. The van der Waals surface area contributed by atoms with E-state index in [-0.39, 0.29) is 154 Å². The summed E-state index contributed by atoms with van der Waals surface area (Å²) in [6.07, 6.45) is -12.3. The van der Waals surface area contributed by atoms with Crippen molar-refractivity contribution in [2.45, 2.75) is 143 Å². The number of fused-ring (bicyclic) bond motifs is 5. The molecule has 1 unspecified atom stereocenters. The fraction of sp³-hybridized carbons (Fsp3) is 0.719. The third-order valence-corrected chi connectivity index (χ3v) is 19.7. The summed E-state index contributed by atoms with van der Waals surface area (Å²) < 4.78 is 39.2. The van der Waals surface area contributed by atoms with E-state index in [0.29, 0.717) is 29.5 Å². The number of benzene rings is 2. The van der Waals surface area contributed by atoms with Crippen LogP contribution in [0.2, 0.25) is 0 Å². The summed E-state index contributed by atoms with van der Waals surface area (Å²) in [5.74, 6) is -4.44. The molecule has 0 aromatic heterocycles. The van der Waals surface area contributed by atoms with Crippen molar-refractivity contribution in [3.63, 3.8) is 0 Å². The van der Waals surface area contributed by atoms with E-state index in [1.54, 1.807) is 54.6 Å². The lowest BCUT2D eigenvalue weighted by Gasteiger charge is -2.33. The smallest absolute Gasteiger partial charge is 0.246 e. The van der Waals surface area contributed by atoms with E-state index in [4.69, 9.17) is 45.7 Å². The van der Waals surface area contributed by atoms with Gasteiger partial charge in [0.2, 0.25) is 36.1 Å². The normalized spacial score (nSPS) is 24.6. The summed E-state index contributed by atoms with van der Waals surface area (Å²) in [7, 11) is 3.58. The van der Waals surface area contributed by atoms with Gasteiger partial charge in [-0.25, -0.2) is 4.39 Å². The second-order valence-corrected chi connectivity index (χ2v) is 28.4. The molecule has 2 aliphatic rings. The number of aliphatic imine (C=N–C) groups is 1. The van der Waals surface area contributed by atoms with Crippen LogP contribution in [0.15, 0.2) is 59.6 Å². The number of nitrogens with zero attached hydrogens (tertiary/aromatic N) is 3. The molecule has 15 atom stereocenters. The lowest BCUT2D eigenvalue weighted by atomic mass is 10.0. The number of aliphatic hydroxyl groups excluding tert-OH is 8. The number of halogens is 1. The monoisotopic (exact) mass is 1580 g/mol. The predicted octanol–water partition coefficient (Wildman–Crippen LogP) is -7.21. The Hall–Kier alpha value is -5.48. The second kappa shape index (κ2) is 55.0. The van der Waals surface area contributed by atoms with Crippen LogP contribution in [-0.4, -0.2) is 326 Å². The van der Waals surface area contributed by atoms with Gasteiger partial charge < -0.3 is 108 Å². The Kier molecular flexibility index (Phi) is 48.3. The number of nitrogens with one attached hydrogen (secondary N) is 11. The van der Waals surface area contributed by atoms with Gasteiger partial charge >= 0.3 is 0 Å². The third kappa shape index (κ3) is 40.9. The molecular formula is C64H112FN17O22S3. The first-order valence-corrected chi connectivity index (χ1v) is 38.7. The quantitative estimate of drug-likeness (QED) is 0.00558. The molecule has 0 saturated carbocycles. The van der Waals surface area contributed by atoms with Gasteiger partial charge in [0.15, 0.2) is 12.2 Å². The molecular weight excluding hydrogens is 1470 g/mol. The standard InChI is InChI=1S/C64H112FN17O22S3/c1-81(104-29-28-99-21-16-65)50(33-82(97)98)41-12-14-42(15-13-41)56(89)70-17-6-5-10-44-59(92)79-48-37-106-107-38-49(80-61(94)46(31-55(87)88)75-52(84)32-73-57(90)43(76-62(48)95)11-7-18-72-64(67)68)63(96)77-45(30-40-8-3-2-4-9-40)60(93)78-47(36-105-39-54(86)74-44)58(91)71-20-23-101-25-27-102-26-24-100-22-19-69-53(85)35-103-34-51(66)83/h2-4,8-9,12-15,43-50,52,54-60,70-71,73-75,78-79,84,86-93H,5-7,10-11,16-39H2,1H3,(H2,66,83)(H,69,85)(H,76,95)(H,77,96)(H,80,94)(H4,67,68,72)/t43-,44-,45-,46-,47-,48-,49-,50?,52-,54-,56+,57+,58-,59+,60+/m0/s1/i65-1. The maximum Gasteiger partial charge on any atom is 0.246 e. The SMILES string of the molecule is CN(OCCOCC[18F])C(C[N+](=O)[O-])c1ccc([C@@H](O)NCCCC[C@@H]2N[C@@H](O)CSC[C@@H]([C@H](O)NCCOCCOCCOCCNC(=O)COCC(N)=O)N[C@H](O)[C@H](Cc3ccccc3)NC(=O)[C@@H]3CSSC[C@H](N[C@@H]2O)C(=O)N[C@@H](CCCN=C(N)N)[C@@H](O)NC[C@H](O)N[C@@H](CC(O)O)C(=O)N3)cc1. The van der Waals surface area contributed by atoms with Crippen LogP contribution in [0, 0.1) is 10.1 Å². The first kappa shape index (κ1) is 93.9. The van der Waals surface area contributed by atoms with Gasteiger partial charge in [-0.3, -0.25) is 81.1 Å². The lowest BCUT2D eigenvalue weighted by molar-refractivity contribution is -0.493. The van der Waals surface area contributed by atoms with E-state index in [2.05, 4.69) is 63.5 Å². The number of amides is 5. The third-order valence-electron chi connectivity index (χ3n) is 16.2. The maximum atomic E-state index is 14.8. The molecule has 2 aromatic carbocycles. The van der Waals surface area contributed by atoms with Crippen molar-refractivity contribution in [3.8, 4) is 0 Å². The first-order chi connectivity index (χ1) is 51.3. The van der Waals surface area contributed by atoms with Crippen LogP contribution < -0.4 is 75.7 Å².